The molecular weight excluding hydrogens is 442 g/mol. The summed E-state index contributed by atoms with van der Waals surface area (Å²) in [4.78, 5) is 35.9. The molecule has 3 N–H and O–H groups in total. The SMILES string of the molecule is CCC.CNC(=O)CNC(=O)c1ccc(-c2cccc(CNC(=O)c3cccc(C(C)C)c3)c2)o1. The third kappa shape index (κ3) is 8.45. The number of nitrogens with one attached hydrogen (secondary N) is 3. The van der Waals surface area contributed by atoms with Gasteiger partial charge in [-0.25, -0.2) is 0 Å². The van der Waals surface area contributed by atoms with Crippen LogP contribution in [0.2, 0.25) is 0 Å². The predicted octanol–water partition coefficient (Wildman–Crippen LogP) is 4.89. The minimum atomic E-state index is -0.466. The van der Waals surface area contributed by atoms with Gasteiger partial charge < -0.3 is 20.4 Å². The second-order valence-corrected chi connectivity index (χ2v) is 8.39. The van der Waals surface area contributed by atoms with Crippen LogP contribution in [0.1, 0.15) is 72.1 Å². The van der Waals surface area contributed by atoms with E-state index in [9.17, 15) is 14.4 Å². The second kappa shape index (κ2) is 13.7. The van der Waals surface area contributed by atoms with Crippen molar-refractivity contribution in [1.29, 1.82) is 0 Å². The van der Waals surface area contributed by atoms with Crippen molar-refractivity contribution in [1.82, 2.24) is 16.0 Å². The number of likely N-dealkylation sites (N-methyl/N-ethyl adjacent to an activating group) is 1. The van der Waals surface area contributed by atoms with E-state index in [0.717, 1.165) is 16.7 Å². The average Bonchev–Trinajstić information content (AvgIpc) is 3.37. The second-order valence-electron chi connectivity index (χ2n) is 8.39. The zero-order valence-corrected chi connectivity index (χ0v) is 21.1. The van der Waals surface area contributed by atoms with Crippen molar-refractivity contribution in [2.75, 3.05) is 13.6 Å². The van der Waals surface area contributed by atoms with Gasteiger partial charge in [-0.1, -0.05) is 64.4 Å². The van der Waals surface area contributed by atoms with Gasteiger partial charge >= 0.3 is 0 Å². The van der Waals surface area contributed by atoms with Gasteiger partial charge in [0.15, 0.2) is 5.76 Å². The predicted molar refractivity (Wildman–Crippen MR) is 138 cm³/mol. The largest absolute Gasteiger partial charge is 0.451 e. The molecule has 0 fully saturated rings. The molecule has 3 amide bonds. The standard InChI is InChI=1S/C25H27N3O4.C3H8/c1-16(2)18-7-5-9-20(13-18)24(30)27-14-17-6-4-8-19(12-17)21-10-11-22(32-21)25(31)28-15-23(29)26-3;1-3-2/h4-13,16H,14-15H2,1-3H3,(H,26,29)(H,27,30)(H,28,31);3H2,1-2H3. The summed E-state index contributed by atoms with van der Waals surface area (Å²) in [6.07, 6.45) is 1.25. The van der Waals surface area contributed by atoms with Crippen LogP contribution in [0.4, 0.5) is 0 Å². The average molecular weight is 478 g/mol. The molecule has 0 saturated carbocycles. The number of hydrogen-bond acceptors (Lipinski definition) is 4. The van der Waals surface area contributed by atoms with E-state index in [4.69, 9.17) is 4.42 Å². The van der Waals surface area contributed by atoms with Gasteiger partial charge in [0.1, 0.15) is 5.76 Å². The van der Waals surface area contributed by atoms with Crippen LogP contribution >= 0.6 is 0 Å². The number of amides is 3. The highest BCUT2D eigenvalue weighted by atomic mass is 16.3. The fraction of sp³-hybridized carbons (Fsp3) is 0.321. The molecule has 0 spiro atoms. The lowest BCUT2D eigenvalue weighted by Gasteiger charge is -2.09. The first-order valence-corrected chi connectivity index (χ1v) is 11.8. The number of hydrogen-bond donors (Lipinski definition) is 3. The molecule has 0 aliphatic rings. The molecule has 1 heterocycles. The van der Waals surface area contributed by atoms with Gasteiger partial charge in [0.05, 0.1) is 6.54 Å². The molecule has 0 aliphatic heterocycles. The van der Waals surface area contributed by atoms with Crippen LogP contribution in [0.15, 0.2) is 65.1 Å². The number of carbonyl (C=O) groups is 3. The molecule has 0 aliphatic carbocycles. The zero-order valence-electron chi connectivity index (χ0n) is 21.1. The summed E-state index contributed by atoms with van der Waals surface area (Å²) in [5.41, 5.74) is 3.43. The Labute approximate surface area is 207 Å². The highest BCUT2D eigenvalue weighted by molar-refractivity contribution is 5.95. The molecule has 7 heteroatoms. The van der Waals surface area contributed by atoms with Crippen molar-refractivity contribution in [2.45, 2.75) is 46.6 Å². The molecule has 0 atom stereocenters. The fourth-order valence-electron chi connectivity index (χ4n) is 3.11. The van der Waals surface area contributed by atoms with Crippen LogP contribution in [-0.2, 0) is 11.3 Å². The first-order valence-electron chi connectivity index (χ1n) is 11.8. The van der Waals surface area contributed by atoms with Crippen molar-refractivity contribution < 1.29 is 18.8 Å². The molecule has 3 aromatic rings. The van der Waals surface area contributed by atoms with E-state index >= 15 is 0 Å². The topological polar surface area (TPSA) is 100 Å². The molecule has 2 aromatic carbocycles. The molecule has 1 aromatic heterocycles. The summed E-state index contributed by atoms with van der Waals surface area (Å²) >= 11 is 0. The van der Waals surface area contributed by atoms with Crippen LogP contribution in [-0.4, -0.2) is 31.3 Å². The van der Waals surface area contributed by atoms with E-state index < -0.39 is 5.91 Å². The van der Waals surface area contributed by atoms with Gasteiger partial charge in [0.2, 0.25) is 5.91 Å². The molecule has 0 unspecified atom stereocenters. The third-order valence-corrected chi connectivity index (χ3v) is 5.00. The van der Waals surface area contributed by atoms with Crippen LogP contribution in [0.5, 0.6) is 0 Å². The van der Waals surface area contributed by atoms with E-state index in [1.165, 1.54) is 13.5 Å². The number of furan rings is 1. The minimum Gasteiger partial charge on any atom is -0.451 e. The lowest BCUT2D eigenvalue weighted by Crippen LogP contribution is -2.34. The van der Waals surface area contributed by atoms with Crippen LogP contribution < -0.4 is 16.0 Å². The molecule has 3 rings (SSSR count). The first kappa shape index (κ1) is 27.4. The number of rotatable bonds is 8. The van der Waals surface area contributed by atoms with Gasteiger partial charge in [-0.05, 0) is 47.4 Å². The molecule has 186 valence electrons. The van der Waals surface area contributed by atoms with Crippen molar-refractivity contribution in [2.24, 2.45) is 0 Å². The van der Waals surface area contributed by atoms with Gasteiger partial charge in [-0.15, -0.1) is 0 Å². The maximum absolute atomic E-state index is 12.6. The Bertz CT molecular complexity index is 1130. The molecular formula is C28H35N3O4. The Hall–Kier alpha value is -3.87. The van der Waals surface area contributed by atoms with E-state index in [1.54, 1.807) is 18.2 Å². The van der Waals surface area contributed by atoms with Gasteiger partial charge in [-0.3, -0.25) is 14.4 Å². The maximum Gasteiger partial charge on any atom is 0.287 e. The van der Waals surface area contributed by atoms with Gasteiger partial charge in [0.25, 0.3) is 11.8 Å². The van der Waals surface area contributed by atoms with Crippen LogP contribution in [0.3, 0.4) is 0 Å². The van der Waals surface area contributed by atoms with E-state index in [0.29, 0.717) is 23.8 Å². The van der Waals surface area contributed by atoms with Crippen molar-refractivity contribution in [3.8, 4) is 11.3 Å². The Kier molecular flexibility index (Phi) is 10.8. The van der Waals surface area contributed by atoms with Crippen LogP contribution in [0, 0.1) is 0 Å². The summed E-state index contributed by atoms with van der Waals surface area (Å²) in [5, 5.41) is 7.87. The molecule has 0 saturated heterocycles. The fourth-order valence-corrected chi connectivity index (χ4v) is 3.11. The maximum atomic E-state index is 12.6. The van der Waals surface area contributed by atoms with Crippen molar-refractivity contribution in [3.63, 3.8) is 0 Å². The monoisotopic (exact) mass is 477 g/mol. The zero-order chi connectivity index (χ0) is 25.8. The molecule has 7 nitrogen and oxygen atoms in total. The summed E-state index contributed by atoms with van der Waals surface area (Å²) in [5.74, 6) is 0.0951. The summed E-state index contributed by atoms with van der Waals surface area (Å²) < 4.78 is 5.65. The molecule has 0 bridgehead atoms. The van der Waals surface area contributed by atoms with Gasteiger partial charge in [-0.2, -0.15) is 0 Å². The number of carbonyl (C=O) groups excluding carboxylic acids is 3. The Balaban J connectivity index is 0.00000137. The smallest absolute Gasteiger partial charge is 0.287 e. The number of benzene rings is 2. The normalized spacial score (nSPS) is 10.2. The van der Waals surface area contributed by atoms with Crippen molar-refractivity contribution >= 4 is 17.7 Å². The lowest BCUT2D eigenvalue weighted by molar-refractivity contribution is -0.119. The highest BCUT2D eigenvalue weighted by Gasteiger charge is 2.14. The summed E-state index contributed by atoms with van der Waals surface area (Å²) in [7, 11) is 1.50. The van der Waals surface area contributed by atoms with Gasteiger partial charge in [0, 0.05) is 24.7 Å². The first-order chi connectivity index (χ1) is 16.8. The highest BCUT2D eigenvalue weighted by Crippen LogP contribution is 2.23. The quantitative estimate of drug-likeness (QED) is 0.430. The summed E-state index contributed by atoms with van der Waals surface area (Å²) in [6.45, 7) is 8.67. The Morgan fingerprint density at radius 2 is 1.60 bits per heavy atom. The van der Waals surface area contributed by atoms with E-state index in [2.05, 4.69) is 43.6 Å². The molecule has 0 radical (unpaired) electrons. The van der Waals surface area contributed by atoms with E-state index in [-0.39, 0.29) is 24.1 Å². The van der Waals surface area contributed by atoms with Crippen molar-refractivity contribution in [3.05, 3.63) is 83.1 Å². The van der Waals surface area contributed by atoms with E-state index in [1.807, 2.05) is 42.5 Å². The third-order valence-electron chi connectivity index (χ3n) is 5.00. The Morgan fingerprint density at radius 1 is 0.886 bits per heavy atom. The molecule has 35 heavy (non-hydrogen) atoms. The minimum absolute atomic E-state index is 0.118. The lowest BCUT2D eigenvalue weighted by atomic mass is 10.0. The van der Waals surface area contributed by atoms with Crippen LogP contribution in [0.25, 0.3) is 11.3 Å². The summed E-state index contributed by atoms with van der Waals surface area (Å²) in [6, 6.07) is 18.4. The Morgan fingerprint density at radius 3 is 2.29 bits per heavy atom.